The van der Waals surface area contributed by atoms with Gasteiger partial charge in [-0.2, -0.15) is 13.2 Å². The summed E-state index contributed by atoms with van der Waals surface area (Å²) in [6.07, 6.45) is -1.24. The van der Waals surface area contributed by atoms with E-state index in [0.717, 1.165) is 23.5 Å². The van der Waals surface area contributed by atoms with Gasteiger partial charge < -0.3 is 5.32 Å². The number of hydrogen-bond donors (Lipinski definition) is 1. The third-order valence-electron chi connectivity index (χ3n) is 3.71. The third-order valence-corrected chi connectivity index (χ3v) is 4.46. The minimum absolute atomic E-state index is 0.109. The van der Waals surface area contributed by atoms with Crippen LogP contribution in [0.1, 0.15) is 5.56 Å². The predicted octanol–water partition coefficient (Wildman–Crippen LogP) is 5.36. The molecule has 0 spiro atoms. The van der Waals surface area contributed by atoms with Crippen LogP contribution >= 0.6 is 11.3 Å². The summed E-state index contributed by atoms with van der Waals surface area (Å²) >= 11 is 1.23. The van der Waals surface area contributed by atoms with Crippen LogP contribution in [-0.4, -0.2) is 14.4 Å². The summed E-state index contributed by atoms with van der Waals surface area (Å²) in [5.41, 5.74) is 0.950. The maximum Gasteiger partial charge on any atom is 0.419 e. The molecule has 3 aromatic heterocycles. The number of anilines is 2. The Hall–Kier alpha value is -2.94. The highest BCUT2D eigenvalue weighted by Crippen LogP contribution is 2.34. The summed E-state index contributed by atoms with van der Waals surface area (Å²) in [6, 6.07) is 8.33. The lowest BCUT2D eigenvalue weighted by atomic mass is 10.2. The van der Waals surface area contributed by atoms with E-state index in [4.69, 9.17) is 0 Å². The number of aromatic nitrogens is 3. The molecule has 0 saturated carbocycles. The van der Waals surface area contributed by atoms with E-state index in [1.807, 2.05) is 28.8 Å². The minimum atomic E-state index is -4.76. The van der Waals surface area contributed by atoms with Crippen molar-refractivity contribution in [3.8, 4) is 11.4 Å². The van der Waals surface area contributed by atoms with Crippen LogP contribution in [0.3, 0.4) is 0 Å². The van der Waals surface area contributed by atoms with Crippen molar-refractivity contribution in [3.05, 3.63) is 65.6 Å². The average Bonchev–Trinajstić information content (AvgIpc) is 3.22. The van der Waals surface area contributed by atoms with Crippen LogP contribution in [0.2, 0.25) is 0 Å². The molecule has 0 fully saturated rings. The van der Waals surface area contributed by atoms with E-state index in [-0.39, 0.29) is 5.69 Å². The Morgan fingerprint density at radius 2 is 1.96 bits per heavy atom. The van der Waals surface area contributed by atoms with Gasteiger partial charge in [0, 0.05) is 17.3 Å². The van der Waals surface area contributed by atoms with Crippen molar-refractivity contribution in [2.24, 2.45) is 0 Å². The number of imidazole rings is 1. The van der Waals surface area contributed by atoms with E-state index < -0.39 is 17.6 Å². The summed E-state index contributed by atoms with van der Waals surface area (Å²) in [4.78, 5) is 8.66. The van der Waals surface area contributed by atoms with Crippen LogP contribution in [0.15, 0.2) is 54.2 Å². The van der Waals surface area contributed by atoms with Gasteiger partial charge in [-0.25, -0.2) is 14.4 Å². The second-order valence-corrected chi connectivity index (χ2v) is 6.29. The SMILES string of the molecule is Fc1ccc(Nc2nc(-c3cnc4ccccn34)cs2)cc1C(F)(F)F. The van der Waals surface area contributed by atoms with Crippen LogP contribution in [0.25, 0.3) is 17.0 Å². The lowest BCUT2D eigenvalue weighted by Gasteiger charge is -2.10. The molecule has 0 aliphatic heterocycles. The zero-order valence-corrected chi connectivity index (χ0v) is 13.8. The Morgan fingerprint density at radius 1 is 1.12 bits per heavy atom. The molecule has 1 aromatic carbocycles. The normalized spacial score (nSPS) is 11.8. The first-order valence-electron chi connectivity index (χ1n) is 7.43. The van der Waals surface area contributed by atoms with Crippen molar-refractivity contribution in [2.45, 2.75) is 6.18 Å². The first-order valence-corrected chi connectivity index (χ1v) is 8.31. The van der Waals surface area contributed by atoms with Gasteiger partial charge in [0.25, 0.3) is 0 Å². The molecule has 132 valence electrons. The number of nitrogens with one attached hydrogen (secondary N) is 1. The molecule has 0 atom stereocenters. The van der Waals surface area contributed by atoms with E-state index in [2.05, 4.69) is 15.3 Å². The summed E-state index contributed by atoms with van der Waals surface area (Å²) in [7, 11) is 0. The largest absolute Gasteiger partial charge is 0.419 e. The molecule has 0 unspecified atom stereocenters. The molecule has 4 aromatic rings. The molecule has 4 rings (SSSR count). The molecule has 0 bridgehead atoms. The van der Waals surface area contributed by atoms with Crippen molar-refractivity contribution < 1.29 is 17.6 Å². The van der Waals surface area contributed by atoms with Crippen LogP contribution in [0.5, 0.6) is 0 Å². The smallest absolute Gasteiger partial charge is 0.332 e. The lowest BCUT2D eigenvalue weighted by Crippen LogP contribution is -2.08. The van der Waals surface area contributed by atoms with Gasteiger partial charge in [-0.1, -0.05) is 6.07 Å². The van der Waals surface area contributed by atoms with Crippen molar-refractivity contribution in [2.75, 3.05) is 5.32 Å². The standard InChI is InChI=1S/C17H10F4N4S/c18-12-5-4-10(7-11(12)17(19,20)21)23-16-24-13(9-26-16)14-8-22-15-3-1-2-6-25(14)15/h1-9H,(H,23,24). The first kappa shape index (κ1) is 16.5. The number of nitrogens with zero attached hydrogens (tertiary/aromatic N) is 3. The molecule has 0 saturated heterocycles. The Bertz CT molecular complexity index is 1080. The zero-order valence-electron chi connectivity index (χ0n) is 13.0. The Labute approximate surface area is 148 Å². The van der Waals surface area contributed by atoms with Gasteiger partial charge >= 0.3 is 6.18 Å². The molecule has 4 nitrogen and oxygen atoms in total. The Kier molecular flexibility index (Phi) is 3.87. The molecule has 1 N–H and O–H groups in total. The fourth-order valence-corrected chi connectivity index (χ4v) is 3.24. The topological polar surface area (TPSA) is 42.2 Å². The molecular formula is C17H10F4N4S. The van der Waals surface area contributed by atoms with Crippen LogP contribution in [0, 0.1) is 5.82 Å². The highest BCUT2D eigenvalue weighted by Gasteiger charge is 2.34. The van der Waals surface area contributed by atoms with Gasteiger partial charge in [-0.15, -0.1) is 11.3 Å². The van der Waals surface area contributed by atoms with E-state index in [1.54, 1.807) is 11.6 Å². The van der Waals surface area contributed by atoms with E-state index >= 15 is 0 Å². The number of benzene rings is 1. The molecule has 0 radical (unpaired) electrons. The van der Waals surface area contributed by atoms with Crippen molar-refractivity contribution in [1.82, 2.24) is 14.4 Å². The maximum atomic E-state index is 13.4. The van der Waals surface area contributed by atoms with Gasteiger partial charge in [0.15, 0.2) is 5.13 Å². The van der Waals surface area contributed by atoms with Gasteiger partial charge in [-0.3, -0.25) is 4.40 Å². The number of alkyl halides is 3. The molecular weight excluding hydrogens is 368 g/mol. The molecule has 26 heavy (non-hydrogen) atoms. The average molecular weight is 378 g/mol. The summed E-state index contributed by atoms with van der Waals surface area (Å²) < 4.78 is 53.7. The number of halogens is 4. The van der Waals surface area contributed by atoms with Crippen LogP contribution < -0.4 is 5.32 Å². The Balaban J connectivity index is 1.63. The Morgan fingerprint density at radius 3 is 2.77 bits per heavy atom. The second-order valence-electron chi connectivity index (χ2n) is 5.43. The highest BCUT2D eigenvalue weighted by molar-refractivity contribution is 7.14. The quantitative estimate of drug-likeness (QED) is 0.488. The highest BCUT2D eigenvalue weighted by atomic mass is 32.1. The monoisotopic (exact) mass is 378 g/mol. The van der Waals surface area contributed by atoms with Crippen LogP contribution in [-0.2, 0) is 6.18 Å². The number of pyridine rings is 1. The molecule has 0 amide bonds. The molecule has 0 aliphatic rings. The number of rotatable bonds is 3. The van der Waals surface area contributed by atoms with Gasteiger partial charge in [0.2, 0.25) is 0 Å². The second kappa shape index (κ2) is 6.10. The lowest BCUT2D eigenvalue weighted by molar-refractivity contribution is -0.139. The third kappa shape index (κ3) is 3.01. The molecule has 0 aliphatic carbocycles. The predicted molar refractivity (Wildman–Crippen MR) is 91.0 cm³/mol. The summed E-state index contributed by atoms with van der Waals surface area (Å²) in [5.74, 6) is -1.31. The number of thiazole rings is 1. The number of hydrogen-bond acceptors (Lipinski definition) is 4. The minimum Gasteiger partial charge on any atom is -0.332 e. The van der Waals surface area contributed by atoms with Gasteiger partial charge in [-0.05, 0) is 30.3 Å². The first-order chi connectivity index (χ1) is 12.4. The zero-order chi connectivity index (χ0) is 18.3. The van der Waals surface area contributed by atoms with Crippen LogP contribution in [0.4, 0.5) is 28.4 Å². The van der Waals surface area contributed by atoms with E-state index in [9.17, 15) is 17.6 Å². The summed E-state index contributed by atoms with van der Waals surface area (Å²) in [5, 5.41) is 4.95. The van der Waals surface area contributed by atoms with Gasteiger partial charge in [0.05, 0.1) is 17.5 Å². The van der Waals surface area contributed by atoms with Gasteiger partial charge in [0.1, 0.15) is 17.2 Å². The fourth-order valence-electron chi connectivity index (χ4n) is 2.51. The van der Waals surface area contributed by atoms with E-state index in [0.29, 0.717) is 10.8 Å². The van der Waals surface area contributed by atoms with Crippen molar-refractivity contribution >= 4 is 27.8 Å². The van der Waals surface area contributed by atoms with Crippen molar-refractivity contribution in [1.29, 1.82) is 0 Å². The maximum absolute atomic E-state index is 13.4. The summed E-state index contributed by atoms with van der Waals surface area (Å²) in [6.45, 7) is 0. The van der Waals surface area contributed by atoms with Crippen molar-refractivity contribution in [3.63, 3.8) is 0 Å². The number of fused-ring (bicyclic) bond motifs is 1. The molecule has 9 heteroatoms. The van der Waals surface area contributed by atoms with E-state index in [1.165, 1.54) is 17.4 Å². The molecule has 3 heterocycles. The fraction of sp³-hybridized carbons (Fsp3) is 0.0588.